The summed E-state index contributed by atoms with van der Waals surface area (Å²) in [6.07, 6.45) is 2.08. The van der Waals surface area contributed by atoms with E-state index < -0.39 is 17.6 Å². The molecule has 6 heteroatoms. The summed E-state index contributed by atoms with van der Waals surface area (Å²) in [6, 6.07) is 20.5. The van der Waals surface area contributed by atoms with Crippen molar-refractivity contribution >= 4 is 34.1 Å². The zero-order chi connectivity index (χ0) is 22.0. The Morgan fingerprint density at radius 3 is 2.39 bits per heavy atom. The first kappa shape index (κ1) is 20.3. The fraction of sp³-hybridized carbons (Fsp3) is 0.160. The van der Waals surface area contributed by atoms with Crippen LogP contribution < -0.4 is 16.2 Å². The Bertz CT molecular complexity index is 1210. The molecule has 3 aromatic rings. The van der Waals surface area contributed by atoms with E-state index in [1.165, 1.54) is 6.08 Å². The van der Waals surface area contributed by atoms with Crippen molar-refractivity contribution in [3.63, 3.8) is 0 Å². The molecule has 0 saturated heterocycles. The van der Waals surface area contributed by atoms with E-state index in [-0.39, 0.29) is 5.54 Å². The second-order valence-electron chi connectivity index (χ2n) is 8.20. The summed E-state index contributed by atoms with van der Waals surface area (Å²) in [6.45, 7) is 4.10. The topological polar surface area (TPSA) is 87.3 Å². The zero-order valence-corrected chi connectivity index (χ0v) is 17.4. The largest absolute Gasteiger partial charge is 0.379 e. The second kappa shape index (κ2) is 8.07. The van der Waals surface area contributed by atoms with Gasteiger partial charge in [-0.3, -0.25) is 25.2 Å². The summed E-state index contributed by atoms with van der Waals surface area (Å²) >= 11 is 0. The van der Waals surface area contributed by atoms with Crippen LogP contribution in [0.2, 0.25) is 0 Å². The van der Waals surface area contributed by atoms with Gasteiger partial charge in [0.1, 0.15) is 0 Å². The van der Waals surface area contributed by atoms with Gasteiger partial charge in [0.15, 0.2) is 0 Å². The van der Waals surface area contributed by atoms with Gasteiger partial charge in [-0.25, -0.2) is 0 Å². The number of hydrogen-bond acceptors (Lipinski definition) is 4. The number of nitrogens with one attached hydrogen (secondary N) is 3. The first-order chi connectivity index (χ1) is 14.8. The minimum Gasteiger partial charge on any atom is -0.379 e. The van der Waals surface area contributed by atoms with Crippen LogP contribution in [0.25, 0.3) is 16.5 Å². The molecule has 1 aliphatic heterocycles. The van der Waals surface area contributed by atoms with Crippen molar-refractivity contribution in [2.75, 3.05) is 0 Å². The molecule has 0 atom stereocenters. The van der Waals surface area contributed by atoms with Gasteiger partial charge in [-0.05, 0) is 48.7 Å². The Morgan fingerprint density at radius 2 is 1.61 bits per heavy atom. The highest BCUT2D eigenvalue weighted by atomic mass is 16.2. The molecule has 4 rings (SSSR count). The molecule has 0 fully saturated rings. The first-order valence-corrected chi connectivity index (χ1v) is 10.0. The predicted molar refractivity (Wildman–Crippen MR) is 120 cm³/mol. The third kappa shape index (κ3) is 4.33. The molecule has 0 aliphatic carbocycles. The van der Waals surface area contributed by atoms with Crippen LogP contribution in [0.3, 0.4) is 0 Å². The molecule has 156 valence electrons. The van der Waals surface area contributed by atoms with E-state index in [4.69, 9.17) is 0 Å². The van der Waals surface area contributed by atoms with Gasteiger partial charge < -0.3 is 5.32 Å². The standard InChI is InChI=1S/C25H23N3O3/c1-25(2)15-20-18-11-7-6-8-16(18)12-13-19(20)21(26-25)14-22(29)24(31)28-27-23(30)17-9-4-3-5-10-17/h3-14,26H,15H2,1-2H3,(H,27,30)(H,28,31)/b21-14-. The number of carbonyl (C=O) groups is 3. The van der Waals surface area contributed by atoms with Gasteiger partial charge >= 0.3 is 5.91 Å². The van der Waals surface area contributed by atoms with E-state index >= 15 is 0 Å². The third-order valence-corrected chi connectivity index (χ3v) is 5.25. The van der Waals surface area contributed by atoms with Crippen LogP contribution in [0.5, 0.6) is 0 Å². The van der Waals surface area contributed by atoms with Crippen LogP contribution in [-0.4, -0.2) is 23.1 Å². The first-order valence-electron chi connectivity index (χ1n) is 10.0. The molecule has 1 aliphatic rings. The molecule has 6 nitrogen and oxygen atoms in total. The van der Waals surface area contributed by atoms with Gasteiger partial charge in [-0.1, -0.05) is 54.6 Å². The molecular weight excluding hydrogens is 390 g/mol. The van der Waals surface area contributed by atoms with Crippen LogP contribution in [-0.2, 0) is 16.0 Å². The Morgan fingerprint density at radius 1 is 0.903 bits per heavy atom. The van der Waals surface area contributed by atoms with Crippen molar-refractivity contribution in [3.8, 4) is 0 Å². The van der Waals surface area contributed by atoms with Crippen LogP contribution in [0.4, 0.5) is 0 Å². The molecule has 0 radical (unpaired) electrons. The molecule has 3 aromatic carbocycles. The monoisotopic (exact) mass is 413 g/mol. The van der Waals surface area contributed by atoms with Crippen molar-refractivity contribution in [2.24, 2.45) is 0 Å². The Labute approximate surface area is 180 Å². The summed E-state index contributed by atoms with van der Waals surface area (Å²) in [5.74, 6) is -2.17. The van der Waals surface area contributed by atoms with Gasteiger partial charge in [0, 0.05) is 28.4 Å². The minimum atomic E-state index is -0.913. The fourth-order valence-electron chi connectivity index (χ4n) is 3.84. The minimum absolute atomic E-state index is 0.290. The average molecular weight is 413 g/mol. The van der Waals surface area contributed by atoms with Gasteiger partial charge in [0.2, 0.25) is 5.78 Å². The molecule has 0 aromatic heterocycles. The van der Waals surface area contributed by atoms with Gasteiger partial charge in [-0.2, -0.15) is 0 Å². The van der Waals surface area contributed by atoms with Crippen molar-refractivity contribution in [2.45, 2.75) is 25.8 Å². The summed E-state index contributed by atoms with van der Waals surface area (Å²) in [5, 5.41) is 5.63. The smallest absolute Gasteiger partial charge is 0.310 e. The van der Waals surface area contributed by atoms with E-state index in [9.17, 15) is 14.4 Å². The van der Waals surface area contributed by atoms with Crippen molar-refractivity contribution in [1.29, 1.82) is 0 Å². The van der Waals surface area contributed by atoms with Crippen LogP contribution in [0, 0.1) is 0 Å². The number of fused-ring (bicyclic) bond motifs is 3. The van der Waals surface area contributed by atoms with Crippen LogP contribution in [0.15, 0.2) is 72.8 Å². The Balaban J connectivity index is 1.56. The Hall–Kier alpha value is -3.93. The summed E-state index contributed by atoms with van der Waals surface area (Å²) in [7, 11) is 0. The fourth-order valence-corrected chi connectivity index (χ4v) is 3.84. The lowest BCUT2D eigenvalue weighted by atomic mass is 9.83. The Kier molecular flexibility index (Phi) is 5.29. The number of hydrogen-bond donors (Lipinski definition) is 3. The van der Waals surface area contributed by atoms with E-state index in [1.807, 2.05) is 24.3 Å². The number of benzene rings is 3. The highest BCUT2D eigenvalue weighted by Gasteiger charge is 2.29. The number of carbonyl (C=O) groups excluding carboxylic acids is 3. The molecule has 0 unspecified atom stereocenters. The SMILES string of the molecule is CC1(C)Cc2c(ccc3ccccc23)/C(=C/C(=O)C(=O)NNC(=O)c2ccccc2)N1. The van der Waals surface area contributed by atoms with Crippen LogP contribution >= 0.6 is 0 Å². The highest BCUT2D eigenvalue weighted by Crippen LogP contribution is 2.34. The number of amides is 2. The van der Waals surface area contributed by atoms with E-state index in [0.717, 1.165) is 28.3 Å². The molecule has 3 N–H and O–H groups in total. The quantitative estimate of drug-likeness (QED) is 0.350. The maximum absolute atomic E-state index is 12.6. The lowest BCUT2D eigenvalue weighted by molar-refractivity contribution is -0.135. The molecular formula is C25H23N3O3. The maximum atomic E-state index is 12.6. The van der Waals surface area contributed by atoms with Crippen LogP contribution in [0.1, 0.15) is 35.3 Å². The summed E-state index contributed by atoms with van der Waals surface area (Å²) in [5.41, 5.74) is 7.16. The maximum Gasteiger partial charge on any atom is 0.310 e. The molecule has 1 heterocycles. The van der Waals surface area contributed by atoms with E-state index in [2.05, 4.69) is 42.1 Å². The summed E-state index contributed by atoms with van der Waals surface area (Å²) in [4.78, 5) is 36.9. The predicted octanol–water partition coefficient (Wildman–Crippen LogP) is 3.14. The zero-order valence-electron chi connectivity index (χ0n) is 17.4. The highest BCUT2D eigenvalue weighted by molar-refractivity contribution is 6.41. The number of hydrazine groups is 1. The van der Waals surface area contributed by atoms with E-state index in [1.54, 1.807) is 30.3 Å². The second-order valence-corrected chi connectivity index (χ2v) is 8.20. The van der Waals surface area contributed by atoms with E-state index in [0.29, 0.717) is 11.3 Å². The summed E-state index contributed by atoms with van der Waals surface area (Å²) < 4.78 is 0. The normalized spacial score (nSPS) is 15.6. The lowest BCUT2D eigenvalue weighted by Crippen LogP contribution is -2.46. The van der Waals surface area contributed by atoms with Crippen molar-refractivity contribution in [3.05, 3.63) is 89.5 Å². The third-order valence-electron chi connectivity index (χ3n) is 5.25. The number of rotatable bonds is 3. The molecule has 0 bridgehead atoms. The van der Waals surface area contributed by atoms with Gasteiger partial charge in [0.25, 0.3) is 5.91 Å². The lowest BCUT2D eigenvalue weighted by Gasteiger charge is -2.36. The van der Waals surface area contributed by atoms with Gasteiger partial charge in [-0.15, -0.1) is 0 Å². The average Bonchev–Trinajstić information content (AvgIpc) is 2.77. The molecule has 2 amide bonds. The van der Waals surface area contributed by atoms with Gasteiger partial charge in [0.05, 0.1) is 0 Å². The number of ketones is 1. The van der Waals surface area contributed by atoms with Crippen molar-refractivity contribution < 1.29 is 14.4 Å². The van der Waals surface area contributed by atoms with Crippen molar-refractivity contribution in [1.82, 2.24) is 16.2 Å². The molecule has 0 saturated carbocycles. The molecule has 31 heavy (non-hydrogen) atoms. The molecule has 0 spiro atoms.